The highest BCUT2D eigenvalue weighted by Gasteiger charge is 2.30. The zero-order valence-electron chi connectivity index (χ0n) is 18.1. The number of alkyl halides is 3. The van der Waals surface area contributed by atoms with Crippen molar-refractivity contribution < 1.29 is 23.1 Å². The van der Waals surface area contributed by atoms with Gasteiger partial charge in [-0.15, -0.1) is 0 Å². The molecule has 0 aliphatic heterocycles. The maximum Gasteiger partial charge on any atom is 0.416 e. The smallest absolute Gasteiger partial charge is 0.416 e. The fourth-order valence-electron chi connectivity index (χ4n) is 3.34. The van der Waals surface area contributed by atoms with Gasteiger partial charge in [-0.2, -0.15) is 13.2 Å². The van der Waals surface area contributed by atoms with E-state index in [0.717, 1.165) is 12.1 Å². The van der Waals surface area contributed by atoms with Crippen LogP contribution in [0.5, 0.6) is 5.75 Å². The third-order valence-corrected chi connectivity index (χ3v) is 5.21. The molecule has 3 aromatic carbocycles. The number of nitrogens with one attached hydrogen (secondary N) is 2. The van der Waals surface area contributed by atoms with E-state index in [9.17, 15) is 32.7 Å². The van der Waals surface area contributed by atoms with Crippen LogP contribution >= 0.6 is 0 Å². The van der Waals surface area contributed by atoms with Gasteiger partial charge in [-0.25, -0.2) is 0 Å². The molecule has 3 aromatic rings. The van der Waals surface area contributed by atoms with Gasteiger partial charge < -0.3 is 20.6 Å². The summed E-state index contributed by atoms with van der Waals surface area (Å²) in [6.07, 6.45) is -4.05. The third kappa shape index (κ3) is 4.69. The minimum Gasteiger partial charge on any atom is -0.505 e. The van der Waals surface area contributed by atoms with E-state index in [2.05, 4.69) is 10.6 Å². The molecule has 0 saturated heterocycles. The quantitative estimate of drug-likeness (QED) is 0.363. The summed E-state index contributed by atoms with van der Waals surface area (Å²) in [6, 6.07) is 8.35. The summed E-state index contributed by atoms with van der Waals surface area (Å²) in [4.78, 5) is 37.9. The Morgan fingerprint density at radius 3 is 2.18 bits per heavy atom. The second-order valence-corrected chi connectivity index (χ2v) is 7.66. The molecule has 0 saturated carbocycles. The molecular weight excluding hydrogens is 439 g/mol. The maximum absolute atomic E-state index is 12.8. The number of para-hydroxylation sites is 1. The molecule has 1 amide bonds. The van der Waals surface area contributed by atoms with Crippen LogP contribution in [-0.4, -0.2) is 30.0 Å². The van der Waals surface area contributed by atoms with E-state index in [-0.39, 0.29) is 28.4 Å². The number of amides is 1. The first-order valence-corrected chi connectivity index (χ1v) is 10.0. The minimum absolute atomic E-state index is 0.00870. The number of aromatic hydroxyl groups is 1. The Bertz CT molecular complexity index is 1240. The van der Waals surface area contributed by atoms with Crippen molar-refractivity contribution in [3.63, 3.8) is 0 Å². The molecule has 3 rings (SSSR count). The highest BCUT2D eigenvalue weighted by molar-refractivity contribution is 5.99. The summed E-state index contributed by atoms with van der Waals surface area (Å²) in [6.45, 7) is 1.77. The van der Waals surface area contributed by atoms with Crippen LogP contribution in [0.15, 0.2) is 52.1 Å². The maximum atomic E-state index is 12.8. The molecule has 33 heavy (non-hydrogen) atoms. The molecule has 3 N–H and O–H groups in total. The van der Waals surface area contributed by atoms with Gasteiger partial charge in [0.15, 0.2) is 5.75 Å². The van der Waals surface area contributed by atoms with Gasteiger partial charge in [0.05, 0.1) is 22.9 Å². The SMILES string of the molecule is CCC(Nc1c(Nc2cccc(C(=O)N(C)C)c2O)c(=O)c1=O)c1ccc(C(F)(F)F)cc1. The van der Waals surface area contributed by atoms with Gasteiger partial charge in [-0.1, -0.05) is 25.1 Å². The van der Waals surface area contributed by atoms with Crippen molar-refractivity contribution in [2.45, 2.75) is 25.6 Å². The Kier molecular flexibility index (Phi) is 6.48. The summed E-state index contributed by atoms with van der Waals surface area (Å²) in [5, 5.41) is 16.1. The van der Waals surface area contributed by atoms with Crippen LogP contribution in [-0.2, 0) is 6.18 Å². The largest absolute Gasteiger partial charge is 0.505 e. The predicted octanol–water partition coefficient (Wildman–Crippen LogP) is 4.02. The van der Waals surface area contributed by atoms with Gasteiger partial charge in [0, 0.05) is 14.1 Å². The number of hydrogen-bond acceptors (Lipinski definition) is 6. The van der Waals surface area contributed by atoms with Crippen molar-refractivity contribution in [3.8, 4) is 5.75 Å². The van der Waals surface area contributed by atoms with Gasteiger partial charge in [-0.05, 0) is 36.2 Å². The van der Waals surface area contributed by atoms with Gasteiger partial charge in [0.2, 0.25) is 0 Å². The Balaban J connectivity index is 1.88. The van der Waals surface area contributed by atoms with Crippen LogP contribution in [0.1, 0.15) is 40.9 Å². The van der Waals surface area contributed by atoms with Crippen LogP contribution in [0, 0.1) is 0 Å². The molecule has 174 valence electrons. The second-order valence-electron chi connectivity index (χ2n) is 7.66. The van der Waals surface area contributed by atoms with Crippen LogP contribution < -0.4 is 21.5 Å². The first-order chi connectivity index (χ1) is 15.5. The number of rotatable bonds is 7. The Morgan fingerprint density at radius 2 is 1.64 bits per heavy atom. The number of carbonyl (C=O) groups is 1. The summed E-state index contributed by atoms with van der Waals surface area (Å²) in [5.41, 5.74) is -1.97. The molecule has 0 fully saturated rings. The summed E-state index contributed by atoms with van der Waals surface area (Å²) >= 11 is 0. The molecule has 0 bridgehead atoms. The Morgan fingerprint density at radius 1 is 1.03 bits per heavy atom. The number of carbonyl (C=O) groups excluding carboxylic acids is 1. The lowest BCUT2D eigenvalue weighted by molar-refractivity contribution is -0.137. The topological polar surface area (TPSA) is 98.7 Å². The standard InChI is InChI=1S/C23H22F3N3O4/c1-4-15(12-8-10-13(11-9-12)23(24,25)26)27-17-18(21(32)20(17)31)28-16-7-5-6-14(19(16)30)22(33)29(2)3/h5-11,15,27-28,30H,4H2,1-3H3. The highest BCUT2D eigenvalue weighted by atomic mass is 19.4. The van der Waals surface area contributed by atoms with Crippen LogP contribution in [0.4, 0.5) is 30.2 Å². The zero-order valence-corrected chi connectivity index (χ0v) is 18.1. The molecule has 1 unspecified atom stereocenters. The highest BCUT2D eigenvalue weighted by Crippen LogP contribution is 2.34. The number of phenolic OH excluding ortho intramolecular Hbond substituents is 1. The van der Waals surface area contributed by atoms with E-state index in [4.69, 9.17) is 0 Å². The van der Waals surface area contributed by atoms with Crippen molar-refractivity contribution in [1.82, 2.24) is 4.90 Å². The lowest BCUT2D eigenvalue weighted by Gasteiger charge is -2.23. The molecule has 0 radical (unpaired) electrons. The normalized spacial score (nSPS) is 12.4. The molecule has 0 heterocycles. The Hall–Kier alpha value is -3.82. The number of anilines is 3. The molecule has 1 atom stereocenters. The summed E-state index contributed by atoms with van der Waals surface area (Å²) in [7, 11) is 3.04. The number of benzene rings is 2. The first-order valence-electron chi connectivity index (χ1n) is 10.0. The van der Waals surface area contributed by atoms with E-state index in [1.54, 1.807) is 6.92 Å². The molecule has 7 nitrogen and oxygen atoms in total. The average Bonchev–Trinajstić information content (AvgIpc) is 2.78. The zero-order chi connectivity index (χ0) is 24.5. The second kappa shape index (κ2) is 8.97. The molecule has 0 aliphatic rings. The molecule has 0 aromatic heterocycles. The van der Waals surface area contributed by atoms with Crippen molar-refractivity contribution in [3.05, 3.63) is 79.6 Å². The molecular formula is C23H22F3N3O4. The number of phenols is 1. The molecule has 0 spiro atoms. The summed E-state index contributed by atoms with van der Waals surface area (Å²) in [5.74, 6) is -0.835. The van der Waals surface area contributed by atoms with Crippen molar-refractivity contribution in [2.75, 3.05) is 24.7 Å². The van der Waals surface area contributed by atoms with Crippen molar-refractivity contribution >= 4 is 23.0 Å². The van der Waals surface area contributed by atoms with E-state index < -0.39 is 34.5 Å². The third-order valence-electron chi connectivity index (χ3n) is 5.21. The number of nitrogens with zero attached hydrogens (tertiary/aromatic N) is 1. The van der Waals surface area contributed by atoms with Crippen LogP contribution in [0.3, 0.4) is 0 Å². The lowest BCUT2D eigenvalue weighted by Crippen LogP contribution is -2.37. The minimum atomic E-state index is -4.46. The van der Waals surface area contributed by atoms with Crippen molar-refractivity contribution in [2.24, 2.45) is 0 Å². The van der Waals surface area contributed by atoms with Gasteiger partial charge in [0.25, 0.3) is 16.8 Å². The van der Waals surface area contributed by atoms with E-state index >= 15 is 0 Å². The fraction of sp³-hybridized carbons (Fsp3) is 0.261. The molecule has 0 aliphatic carbocycles. The van der Waals surface area contributed by atoms with Gasteiger partial charge >= 0.3 is 6.18 Å². The lowest BCUT2D eigenvalue weighted by atomic mass is 10.0. The number of halogens is 3. The van der Waals surface area contributed by atoms with Crippen molar-refractivity contribution in [1.29, 1.82) is 0 Å². The average molecular weight is 461 g/mol. The fourth-order valence-corrected chi connectivity index (χ4v) is 3.34. The van der Waals surface area contributed by atoms with Crippen LogP contribution in [0.25, 0.3) is 0 Å². The predicted molar refractivity (Wildman–Crippen MR) is 119 cm³/mol. The summed E-state index contributed by atoms with van der Waals surface area (Å²) < 4.78 is 38.5. The molecule has 10 heteroatoms. The van der Waals surface area contributed by atoms with E-state index in [1.807, 2.05) is 0 Å². The van der Waals surface area contributed by atoms with Gasteiger partial charge in [-0.3, -0.25) is 14.4 Å². The van der Waals surface area contributed by atoms with Crippen LogP contribution in [0.2, 0.25) is 0 Å². The van der Waals surface area contributed by atoms with Gasteiger partial charge in [0.1, 0.15) is 11.4 Å². The number of hydrogen-bond donors (Lipinski definition) is 3. The Labute approximate surface area is 187 Å². The first kappa shape index (κ1) is 23.8. The monoisotopic (exact) mass is 461 g/mol. The van der Waals surface area contributed by atoms with E-state index in [1.165, 1.54) is 49.3 Å². The van der Waals surface area contributed by atoms with E-state index in [0.29, 0.717) is 12.0 Å².